The molecule has 3 N–H and O–H groups in total. The molecule has 2 aromatic rings. The molecule has 19 heavy (non-hydrogen) atoms. The standard InChI is InChI=1S/C13H12N4OS/c1-7-13(18)17-10-4-8(2-3-11(10)19-7)9-5-12(14)16-6-15-9/h2-7H,1H3,(H,17,18)(H2,14,15,16). The fourth-order valence-corrected chi connectivity index (χ4v) is 2.83. The number of fused-ring (bicyclic) bond motifs is 1. The molecule has 3 rings (SSSR count). The van der Waals surface area contributed by atoms with Crippen molar-refractivity contribution in [2.24, 2.45) is 0 Å². The Hall–Kier alpha value is -2.08. The van der Waals surface area contributed by atoms with E-state index in [1.807, 2.05) is 25.1 Å². The Balaban J connectivity index is 2.02. The summed E-state index contributed by atoms with van der Waals surface area (Å²) in [4.78, 5) is 20.8. The number of benzene rings is 1. The monoisotopic (exact) mass is 272 g/mol. The Morgan fingerprint density at radius 3 is 2.95 bits per heavy atom. The molecule has 1 aliphatic rings. The minimum absolute atomic E-state index is 0.0249. The molecule has 1 aliphatic heterocycles. The van der Waals surface area contributed by atoms with Crippen LogP contribution in [0.4, 0.5) is 11.5 Å². The summed E-state index contributed by atoms with van der Waals surface area (Å²) in [6.45, 7) is 1.89. The predicted octanol–water partition coefficient (Wildman–Crippen LogP) is 2.16. The smallest absolute Gasteiger partial charge is 0.237 e. The van der Waals surface area contributed by atoms with Crippen LogP contribution in [0.25, 0.3) is 11.3 Å². The molecule has 0 radical (unpaired) electrons. The zero-order chi connectivity index (χ0) is 13.4. The van der Waals surface area contributed by atoms with Crippen molar-refractivity contribution in [3.63, 3.8) is 0 Å². The summed E-state index contributed by atoms with van der Waals surface area (Å²) < 4.78 is 0. The number of anilines is 2. The van der Waals surface area contributed by atoms with E-state index in [-0.39, 0.29) is 11.2 Å². The number of nitrogens with one attached hydrogen (secondary N) is 1. The summed E-state index contributed by atoms with van der Waals surface area (Å²) in [7, 11) is 0. The maximum Gasteiger partial charge on any atom is 0.237 e. The maximum absolute atomic E-state index is 11.7. The lowest BCUT2D eigenvalue weighted by atomic mass is 10.1. The topological polar surface area (TPSA) is 80.9 Å². The fourth-order valence-electron chi connectivity index (χ4n) is 1.90. The molecular formula is C13H12N4OS. The Labute approximate surface area is 114 Å². The highest BCUT2D eigenvalue weighted by molar-refractivity contribution is 8.00. The molecule has 5 nitrogen and oxygen atoms in total. The van der Waals surface area contributed by atoms with Gasteiger partial charge in [0, 0.05) is 16.5 Å². The minimum Gasteiger partial charge on any atom is -0.384 e. The third-order valence-electron chi connectivity index (χ3n) is 2.89. The van der Waals surface area contributed by atoms with E-state index in [4.69, 9.17) is 5.73 Å². The van der Waals surface area contributed by atoms with Gasteiger partial charge in [-0.25, -0.2) is 9.97 Å². The van der Waals surface area contributed by atoms with Crippen molar-refractivity contribution in [3.05, 3.63) is 30.6 Å². The summed E-state index contributed by atoms with van der Waals surface area (Å²) in [6, 6.07) is 7.58. The minimum atomic E-state index is -0.0620. The van der Waals surface area contributed by atoms with Gasteiger partial charge < -0.3 is 11.1 Å². The first-order valence-corrected chi connectivity index (χ1v) is 6.71. The normalized spacial score (nSPS) is 17.7. The number of hydrogen-bond acceptors (Lipinski definition) is 5. The number of nitrogens with two attached hydrogens (primary N) is 1. The molecule has 1 aromatic heterocycles. The lowest BCUT2D eigenvalue weighted by Gasteiger charge is -2.21. The third kappa shape index (κ3) is 2.26. The molecule has 6 heteroatoms. The Morgan fingerprint density at radius 1 is 1.32 bits per heavy atom. The summed E-state index contributed by atoms with van der Waals surface area (Å²) in [6.07, 6.45) is 1.43. The van der Waals surface area contributed by atoms with E-state index >= 15 is 0 Å². The van der Waals surface area contributed by atoms with Crippen LogP contribution in [0, 0.1) is 0 Å². The molecule has 0 saturated carbocycles. The van der Waals surface area contributed by atoms with Crippen LogP contribution in [0.1, 0.15) is 6.92 Å². The molecular weight excluding hydrogens is 260 g/mol. The van der Waals surface area contributed by atoms with E-state index in [1.165, 1.54) is 6.33 Å². The van der Waals surface area contributed by atoms with Gasteiger partial charge in [-0.15, -0.1) is 11.8 Å². The summed E-state index contributed by atoms with van der Waals surface area (Å²) in [5, 5.41) is 2.84. The zero-order valence-electron chi connectivity index (χ0n) is 10.3. The number of carbonyl (C=O) groups excluding carboxylic acids is 1. The number of thioether (sulfide) groups is 1. The first-order chi connectivity index (χ1) is 9.13. The molecule has 0 fully saturated rings. The number of hydrogen-bond donors (Lipinski definition) is 2. The van der Waals surface area contributed by atoms with Crippen molar-refractivity contribution in [2.45, 2.75) is 17.1 Å². The quantitative estimate of drug-likeness (QED) is 0.831. The van der Waals surface area contributed by atoms with E-state index in [0.29, 0.717) is 5.82 Å². The van der Waals surface area contributed by atoms with Gasteiger partial charge in [-0.3, -0.25) is 4.79 Å². The molecule has 1 aromatic carbocycles. The highest BCUT2D eigenvalue weighted by atomic mass is 32.2. The Kier molecular flexibility index (Phi) is 2.87. The van der Waals surface area contributed by atoms with Crippen LogP contribution in [0.3, 0.4) is 0 Å². The average molecular weight is 272 g/mol. The van der Waals surface area contributed by atoms with Gasteiger partial charge in [-0.2, -0.15) is 0 Å². The van der Waals surface area contributed by atoms with Crippen molar-refractivity contribution in [1.82, 2.24) is 9.97 Å². The van der Waals surface area contributed by atoms with Gasteiger partial charge in [0.2, 0.25) is 5.91 Å². The summed E-state index contributed by atoms with van der Waals surface area (Å²) >= 11 is 1.56. The summed E-state index contributed by atoms with van der Waals surface area (Å²) in [5.41, 5.74) is 8.12. The zero-order valence-corrected chi connectivity index (χ0v) is 11.1. The molecule has 96 valence electrons. The van der Waals surface area contributed by atoms with Gasteiger partial charge in [-0.05, 0) is 19.1 Å². The first-order valence-electron chi connectivity index (χ1n) is 5.83. The van der Waals surface area contributed by atoms with Crippen molar-refractivity contribution < 1.29 is 4.79 Å². The molecule has 0 aliphatic carbocycles. The lowest BCUT2D eigenvalue weighted by molar-refractivity contribution is -0.115. The Morgan fingerprint density at radius 2 is 2.16 bits per heavy atom. The van der Waals surface area contributed by atoms with Gasteiger partial charge in [0.05, 0.1) is 16.6 Å². The van der Waals surface area contributed by atoms with Crippen LogP contribution in [0.15, 0.2) is 35.5 Å². The van der Waals surface area contributed by atoms with Crippen LogP contribution in [0.5, 0.6) is 0 Å². The van der Waals surface area contributed by atoms with Crippen LogP contribution in [-0.4, -0.2) is 21.1 Å². The predicted molar refractivity (Wildman–Crippen MR) is 75.8 cm³/mol. The SMILES string of the molecule is CC1Sc2ccc(-c3cc(N)ncn3)cc2NC1=O. The van der Waals surface area contributed by atoms with Gasteiger partial charge in [0.15, 0.2) is 0 Å². The van der Waals surface area contributed by atoms with Crippen LogP contribution >= 0.6 is 11.8 Å². The molecule has 2 heterocycles. The molecule has 1 amide bonds. The van der Waals surface area contributed by atoms with E-state index in [9.17, 15) is 4.79 Å². The van der Waals surface area contributed by atoms with Crippen LogP contribution < -0.4 is 11.1 Å². The fraction of sp³-hybridized carbons (Fsp3) is 0.154. The highest BCUT2D eigenvalue weighted by Crippen LogP contribution is 2.37. The molecule has 1 unspecified atom stereocenters. The second-order valence-electron chi connectivity index (χ2n) is 4.29. The number of amides is 1. The van der Waals surface area contributed by atoms with Crippen molar-refractivity contribution in [1.29, 1.82) is 0 Å². The third-order valence-corrected chi connectivity index (χ3v) is 4.07. The molecule has 1 atom stereocenters. The van der Waals surface area contributed by atoms with E-state index in [2.05, 4.69) is 15.3 Å². The second-order valence-corrected chi connectivity index (χ2v) is 5.67. The maximum atomic E-state index is 11.7. The van der Waals surface area contributed by atoms with Gasteiger partial charge >= 0.3 is 0 Å². The second kappa shape index (κ2) is 4.55. The molecule has 0 spiro atoms. The van der Waals surface area contributed by atoms with Gasteiger partial charge in [0.25, 0.3) is 0 Å². The number of rotatable bonds is 1. The lowest BCUT2D eigenvalue weighted by Crippen LogP contribution is -2.26. The van der Waals surface area contributed by atoms with Crippen molar-refractivity contribution in [2.75, 3.05) is 11.1 Å². The number of nitrogens with zero attached hydrogens (tertiary/aromatic N) is 2. The number of aromatic nitrogens is 2. The van der Waals surface area contributed by atoms with Gasteiger partial charge in [0.1, 0.15) is 12.1 Å². The van der Waals surface area contributed by atoms with Crippen LogP contribution in [-0.2, 0) is 4.79 Å². The first kappa shape index (κ1) is 12.0. The van der Waals surface area contributed by atoms with Crippen molar-refractivity contribution in [3.8, 4) is 11.3 Å². The van der Waals surface area contributed by atoms with Crippen LogP contribution in [0.2, 0.25) is 0 Å². The van der Waals surface area contributed by atoms with Crippen molar-refractivity contribution >= 4 is 29.2 Å². The van der Waals surface area contributed by atoms with Gasteiger partial charge in [-0.1, -0.05) is 6.07 Å². The highest BCUT2D eigenvalue weighted by Gasteiger charge is 2.23. The summed E-state index contributed by atoms with van der Waals surface area (Å²) in [5.74, 6) is 0.451. The largest absolute Gasteiger partial charge is 0.384 e. The Bertz CT molecular complexity index is 659. The number of nitrogen functional groups attached to an aromatic ring is 1. The molecule has 0 saturated heterocycles. The average Bonchev–Trinajstić information content (AvgIpc) is 2.39. The molecule has 0 bridgehead atoms. The van der Waals surface area contributed by atoms with E-state index in [0.717, 1.165) is 21.8 Å². The van der Waals surface area contributed by atoms with E-state index < -0.39 is 0 Å². The number of carbonyl (C=O) groups is 1. The van der Waals surface area contributed by atoms with E-state index in [1.54, 1.807) is 17.8 Å².